The average molecular weight is 583 g/mol. The van der Waals surface area contributed by atoms with Gasteiger partial charge >= 0.3 is 0 Å². The van der Waals surface area contributed by atoms with Gasteiger partial charge in [0, 0.05) is 89.6 Å². The maximum atomic E-state index is 5.20. The van der Waals surface area contributed by atoms with Gasteiger partial charge in [0.15, 0.2) is 5.65 Å². The first-order valence-electron chi connectivity index (χ1n) is 14.3. The predicted molar refractivity (Wildman–Crippen MR) is 158 cm³/mol. The van der Waals surface area contributed by atoms with Crippen molar-refractivity contribution in [2.75, 3.05) is 76.3 Å². The van der Waals surface area contributed by atoms with Gasteiger partial charge in [-0.2, -0.15) is 0 Å². The van der Waals surface area contributed by atoms with Crippen LogP contribution in [0.3, 0.4) is 0 Å². The number of anilines is 2. The van der Waals surface area contributed by atoms with Gasteiger partial charge in [0.25, 0.3) is 0 Å². The van der Waals surface area contributed by atoms with Gasteiger partial charge in [-0.3, -0.25) is 4.90 Å². The van der Waals surface area contributed by atoms with Crippen LogP contribution in [0, 0.1) is 5.92 Å². The van der Waals surface area contributed by atoms with Crippen molar-refractivity contribution >= 4 is 38.5 Å². The minimum atomic E-state index is 0.465. The SMILES string of the molecule is COCCCN1CCN(c2ccc(-c3nc4c(NC5CCN(CC6CC6)CC5)c(Br)cnc4[nH]3)cc2)CC1. The van der Waals surface area contributed by atoms with E-state index in [4.69, 9.17) is 9.72 Å². The number of ether oxygens (including phenoxy) is 1. The molecule has 1 saturated carbocycles. The monoisotopic (exact) mass is 581 g/mol. The Kier molecular flexibility index (Phi) is 8.16. The van der Waals surface area contributed by atoms with Gasteiger partial charge in [-0.1, -0.05) is 0 Å². The highest BCUT2D eigenvalue weighted by molar-refractivity contribution is 9.10. The average Bonchev–Trinajstić information content (AvgIpc) is 3.66. The lowest BCUT2D eigenvalue weighted by Gasteiger charge is -2.36. The fourth-order valence-corrected chi connectivity index (χ4v) is 6.23. The second kappa shape index (κ2) is 11.9. The maximum Gasteiger partial charge on any atom is 0.159 e. The highest BCUT2D eigenvalue weighted by atomic mass is 79.9. The summed E-state index contributed by atoms with van der Waals surface area (Å²) in [5.41, 5.74) is 5.14. The molecular formula is C29H40BrN7O. The molecule has 2 N–H and O–H groups in total. The zero-order valence-corrected chi connectivity index (χ0v) is 24.0. The molecule has 0 bridgehead atoms. The van der Waals surface area contributed by atoms with Crippen molar-refractivity contribution in [3.8, 4) is 11.4 Å². The molecule has 9 heteroatoms. The zero-order valence-electron chi connectivity index (χ0n) is 22.5. The summed E-state index contributed by atoms with van der Waals surface area (Å²) in [5.74, 6) is 1.83. The van der Waals surface area contributed by atoms with Crippen LogP contribution < -0.4 is 10.2 Å². The van der Waals surface area contributed by atoms with E-state index >= 15 is 0 Å². The lowest BCUT2D eigenvalue weighted by molar-refractivity contribution is 0.169. The van der Waals surface area contributed by atoms with E-state index in [1.165, 1.54) is 51.0 Å². The number of benzene rings is 1. The number of pyridine rings is 1. The highest BCUT2D eigenvalue weighted by Gasteiger charge is 2.27. The van der Waals surface area contributed by atoms with E-state index in [0.29, 0.717) is 6.04 Å². The molecule has 0 amide bonds. The Hall–Kier alpha value is -2.20. The van der Waals surface area contributed by atoms with Crippen molar-refractivity contribution in [1.29, 1.82) is 0 Å². The molecular weight excluding hydrogens is 542 g/mol. The topological polar surface area (TPSA) is 72.6 Å². The Morgan fingerprint density at radius 1 is 1.00 bits per heavy atom. The summed E-state index contributed by atoms with van der Waals surface area (Å²) in [7, 11) is 1.78. The summed E-state index contributed by atoms with van der Waals surface area (Å²) < 4.78 is 6.17. The number of fused-ring (bicyclic) bond motifs is 1. The van der Waals surface area contributed by atoms with Crippen molar-refractivity contribution in [3.63, 3.8) is 0 Å². The number of piperazine rings is 1. The third-order valence-corrected chi connectivity index (χ3v) is 8.92. The molecule has 1 aliphatic carbocycles. The number of halogens is 1. The van der Waals surface area contributed by atoms with Crippen LogP contribution in [0.15, 0.2) is 34.9 Å². The lowest BCUT2D eigenvalue weighted by atomic mass is 10.0. The first-order chi connectivity index (χ1) is 18.7. The van der Waals surface area contributed by atoms with Crippen molar-refractivity contribution < 1.29 is 4.74 Å². The van der Waals surface area contributed by atoms with E-state index < -0.39 is 0 Å². The molecule has 2 aromatic heterocycles. The van der Waals surface area contributed by atoms with Gasteiger partial charge in [0.2, 0.25) is 0 Å². The fraction of sp³-hybridized carbons (Fsp3) is 0.586. The molecule has 8 nitrogen and oxygen atoms in total. The van der Waals surface area contributed by atoms with E-state index in [1.807, 2.05) is 6.20 Å². The molecule has 3 aliphatic rings. The van der Waals surface area contributed by atoms with Crippen LogP contribution in [0.2, 0.25) is 0 Å². The summed E-state index contributed by atoms with van der Waals surface area (Å²) in [6.07, 6.45) is 8.18. The Labute approximate surface area is 234 Å². The molecule has 204 valence electrons. The second-order valence-corrected chi connectivity index (χ2v) is 12.0. The number of methoxy groups -OCH3 is 1. The molecule has 0 unspecified atom stereocenters. The number of nitrogens with one attached hydrogen (secondary N) is 2. The first kappa shape index (κ1) is 26.0. The normalized spacial score (nSPS) is 19.9. The fourth-order valence-electron chi connectivity index (χ4n) is 5.83. The zero-order chi connectivity index (χ0) is 25.9. The number of piperidine rings is 1. The van der Waals surface area contributed by atoms with E-state index in [0.717, 1.165) is 84.4 Å². The minimum Gasteiger partial charge on any atom is -0.385 e. The quantitative estimate of drug-likeness (QED) is 0.332. The maximum absolute atomic E-state index is 5.20. The van der Waals surface area contributed by atoms with Gasteiger partial charge in [0.05, 0.1) is 10.2 Å². The van der Waals surface area contributed by atoms with Gasteiger partial charge in [-0.25, -0.2) is 9.97 Å². The van der Waals surface area contributed by atoms with E-state index in [1.54, 1.807) is 7.11 Å². The van der Waals surface area contributed by atoms with Gasteiger partial charge in [-0.05, 0) is 78.2 Å². The first-order valence-corrected chi connectivity index (χ1v) is 15.1. The minimum absolute atomic E-state index is 0.465. The third kappa shape index (κ3) is 6.17. The molecule has 38 heavy (non-hydrogen) atoms. The Bertz CT molecular complexity index is 1200. The molecule has 6 rings (SSSR count). The molecule has 2 saturated heterocycles. The number of rotatable bonds is 10. The number of aromatic nitrogens is 3. The summed E-state index contributed by atoms with van der Waals surface area (Å²) >= 11 is 3.73. The predicted octanol–water partition coefficient (Wildman–Crippen LogP) is 4.83. The smallest absolute Gasteiger partial charge is 0.159 e. The van der Waals surface area contributed by atoms with Crippen LogP contribution >= 0.6 is 15.9 Å². The van der Waals surface area contributed by atoms with Crippen molar-refractivity contribution in [1.82, 2.24) is 24.8 Å². The molecule has 0 radical (unpaired) electrons. The number of hydrogen-bond acceptors (Lipinski definition) is 7. The molecule has 1 aromatic carbocycles. The Morgan fingerprint density at radius 2 is 1.76 bits per heavy atom. The van der Waals surface area contributed by atoms with E-state index in [9.17, 15) is 0 Å². The van der Waals surface area contributed by atoms with Crippen molar-refractivity contribution in [2.45, 2.75) is 38.1 Å². The highest BCUT2D eigenvalue weighted by Crippen LogP contribution is 2.34. The van der Waals surface area contributed by atoms with Crippen LogP contribution in [0.4, 0.5) is 11.4 Å². The van der Waals surface area contributed by atoms with Crippen LogP contribution in [0.25, 0.3) is 22.6 Å². The van der Waals surface area contributed by atoms with Gasteiger partial charge < -0.3 is 24.8 Å². The summed E-state index contributed by atoms with van der Waals surface area (Å²) in [6.45, 7) is 9.94. The van der Waals surface area contributed by atoms with E-state index in [2.05, 4.69) is 70.2 Å². The number of aromatic amines is 1. The molecule has 4 heterocycles. The Balaban J connectivity index is 1.10. The van der Waals surface area contributed by atoms with Crippen LogP contribution in [0.1, 0.15) is 32.1 Å². The number of likely N-dealkylation sites (tertiary alicyclic amines) is 1. The summed E-state index contributed by atoms with van der Waals surface area (Å²) in [5, 5.41) is 3.80. The number of hydrogen-bond donors (Lipinski definition) is 2. The lowest BCUT2D eigenvalue weighted by Crippen LogP contribution is -2.46. The Morgan fingerprint density at radius 3 is 2.47 bits per heavy atom. The number of imidazole rings is 1. The van der Waals surface area contributed by atoms with Gasteiger partial charge in [-0.15, -0.1) is 0 Å². The van der Waals surface area contributed by atoms with Crippen molar-refractivity contribution in [3.05, 3.63) is 34.9 Å². The molecule has 0 atom stereocenters. The van der Waals surface area contributed by atoms with Crippen molar-refractivity contribution in [2.24, 2.45) is 5.92 Å². The second-order valence-electron chi connectivity index (χ2n) is 11.1. The number of nitrogens with zero attached hydrogens (tertiary/aromatic N) is 5. The summed E-state index contributed by atoms with van der Waals surface area (Å²) in [6, 6.07) is 9.26. The molecule has 0 spiro atoms. The summed E-state index contributed by atoms with van der Waals surface area (Å²) in [4.78, 5) is 20.7. The van der Waals surface area contributed by atoms with Crippen LogP contribution in [-0.2, 0) is 4.74 Å². The molecule has 3 fully saturated rings. The largest absolute Gasteiger partial charge is 0.385 e. The van der Waals surface area contributed by atoms with Crippen LogP contribution in [0.5, 0.6) is 0 Å². The van der Waals surface area contributed by atoms with E-state index in [-0.39, 0.29) is 0 Å². The number of H-pyrrole nitrogens is 1. The third-order valence-electron chi connectivity index (χ3n) is 8.32. The van der Waals surface area contributed by atoms with Gasteiger partial charge in [0.1, 0.15) is 11.3 Å². The van der Waals surface area contributed by atoms with Crippen LogP contribution in [-0.4, -0.2) is 96.9 Å². The molecule has 3 aromatic rings. The molecule has 2 aliphatic heterocycles. The standard InChI is InChI=1S/C29H40BrN7O/c1-38-18-2-11-35-14-16-37(17-15-35)24-7-5-22(6-8-24)28-33-27-26(25(30)19-31-29(27)34-28)32-23-9-12-36(13-10-23)20-21-3-4-21/h5-8,19,21,23H,2-4,9-18,20H2,1H3,(H2,31,32,33,34).